The number of carbonyl (C=O) groups is 1. The van der Waals surface area contributed by atoms with Crippen molar-refractivity contribution in [3.05, 3.63) is 100 Å². The molecule has 0 saturated carbocycles. The van der Waals surface area contributed by atoms with E-state index < -0.39 is 16.1 Å². The minimum absolute atomic E-state index is 0. The maximum Gasteiger partial charge on any atom is 1.00 e. The van der Waals surface area contributed by atoms with Gasteiger partial charge < -0.3 is 14.6 Å². The van der Waals surface area contributed by atoms with Gasteiger partial charge in [-0.15, -0.1) is 0 Å². The molecule has 8 nitrogen and oxygen atoms in total. The SMILES string of the molecule is CCc1nc(-c2ccccn2)cn1-c1ccc(CCNC(=O)[N-]S(=O)(=O)c2ccc(Cl)cc2)cc1.[Na+]. The second-order valence-electron chi connectivity index (χ2n) is 7.65. The molecule has 36 heavy (non-hydrogen) atoms. The third-order valence-electron chi connectivity index (χ3n) is 5.24. The second kappa shape index (κ2) is 12.5. The monoisotopic (exact) mass is 531 g/mol. The van der Waals surface area contributed by atoms with E-state index in [2.05, 4.69) is 21.9 Å². The van der Waals surface area contributed by atoms with Gasteiger partial charge in [0.2, 0.25) is 10.0 Å². The van der Waals surface area contributed by atoms with Gasteiger partial charge in [-0.05, 0) is 67.1 Å². The molecule has 1 N–H and O–H groups in total. The topological polar surface area (TPSA) is 108 Å². The number of aromatic nitrogens is 3. The molecule has 2 heterocycles. The molecule has 0 aliphatic carbocycles. The number of hydrogen-bond donors (Lipinski definition) is 1. The zero-order chi connectivity index (χ0) is 24.8. The van der Waals surface area contributed by atoms with Crippen molar-refractivity contribution >= 4 is 27.7 Å². The second-order valence-corrected chi connectivity index (χ2v) is 9.69. The van der Waals surface area contributed by atoms with Crippen LogP contribution in [-0.4, -0.2) is 35.5 Å². The summed E-state index contributed by atoms with van der Waals surface area (Å²) in [5, 5.41) is 2.92. The van der Waals surface area contributed by atoms with E-state index in [4.69, 9.17) is 16.6 Å². The minimum atomic E-state index is -4.09. The van der Waals surface area contributed by atoms with E-state index in [0.717, 1.165) is 34.9 Å². The van der Waals surface area contributed by atoms with Crippen LogP contribution in [0.25, 0.3) is 21.8 Å². The van der Waals surface area contributed by atoms with E-state index in [0.29, 0.717) is 11.4 Å². The van der Waals surface area contributed by atoms with Crippen LogP contribution in [-0.2, 0) is 22.9 Å². The Morgan fingerprint density at radius 2 is 1.75 bits per heavy atom. The van der Waals surface area contributed by atoms with Gasteiger partial charge in [0.1, 0.15) is 11.5 Å². The fraction of sp³-hybridized carbons (Fsp3) is 0.160. The van der Waals surface area contributed by atoms with Crippen molar-refractivity contribution in [1.29, 1.82) is 0 Å². The summed E-state index contributed by atoms with van der Waals surface area (Å²) >= 11 is 5.77. The first-order chi connectivity index (χ1) is 16.9. The predicted octanol–water partition coefficient (Wildman–Crippen LogP) is 2.17. The van der Waals surface area contributed by atoms with Crippen LogP contribution in [0.2, 0.25) is 5.02 Å². The Hall–Kier alpha value is -2.69. The molecular formula is C25H23ClN5NaO3S. The summed E-state index contributed by atoms with van der Waals surface area (Å²) < 4.78 is 29.8. The molecule has 0 saturated heterocycles. The predicted molar refractivity (Wildman–Crippen MR) is 135 cm³/mol. The van der Waals surface area contributed by atoms with Crippen molar-refractivity contribution in [2.75, 3.05) is 6.54 Å². The van der Waals surface area contributed by atoms with Crippen LogP contribution in [0.15, 0.2) is 84.0 Å². The summed E-state index contributed by atoms with van der Waals surface area (Å²) in [5.74, 6) is 0.925. The van der Waals surface area contributed by atoms with Gasteiger partial charge >= 0.3 is 29.6 Å². The van der Waals surface area contributed by atoms with Crippen LogP contribution in [0.3, 0.4) is 0 Å². The summed E-state index contributed by atoms with van der Waals surface area (Å²) in [6.45, 7) is 2.29. The number of rotatable bonds is 8. The third-order valence-corrected chi connectivity index (χ3v) is 6.77. The van der Waals surface area contributed by atoms with Gasteiger partial charge in [0, 0.05) is 29.5 Å². The molecule has 2 aromatic carbocycles. The summed E-state index contributed by atoms with van der Waals surface area (Å²) in [6, 6.07) is 18.2. The van der Waals surface area contributed by atoms with Gasteiger partial charge in [0.15, 0.2) is 6.03 Å². The number of amides is 2. The quantitative estimate of drug-likeness (QED) is 0.351. The average Bonchev–Trinajstić information content (AvgIpc) is 3.30. The molecular weight excluding hydrogens is 509 g/mol. The Morgan fingerprint density at radius 3 is 2.39 bits per heavy atom. The Balaban J connectivity index is 0.00000361. The number of nitrogens with zero attached hydrogens (tertiary/aromatic N) is 4. The van der Waals surface area contributed by atoms with Crippen LogP contribution in [0.1, 0.15) is 18.3 Å². The number of benzene rings is 2. The van der Waals surface area contributed by atoms with E-state index in [9.17, 15) is 13.2 Å². The molecule has 0 fully saturated rings. The van der Waals surface area contributed by atoms with Crippen molar-refractivity contribution in [1.82, 2.24) is 19.9 Å². The molecule has 180 valence electrons. The molecule has 2 amide bonds. The largest absolute Gasteiger partial charge is 1.00 e. The number of sulfonamides is 1. The van der Waals surface area contributed by atoms with E-state index in [1.807, 2.05) is 53.2 Å². The summed E-state index contributed by atoms with van der Waals surface area (Å²) in [6.07, 6.45) is 5.00. The molecule has 4 rings (SSSR count). The Labute approximate surface area is 237 Å². The number of nitrogens with one attached hydrogen (secondary N) is 1. The van der Waals surface area contributed by atoms with E-state index in [-0.39, 0.29) is 41.0 Å². The standard InChI is InChI=1S/C25H24ClN5O3S.Na/c1-2-24-29-23(22-5-3-4-15-27-22)17-31(24)20-10-6-18(7-11-20)14-16-28-25(32)30-35(33,34)21-12-8-19(26)9-13-21;/h3-13,15,17H,2,14,16H2,1H3,(H2,28,30,32);/q;+1/p-1. The van der Waals surface area contributed by atoms with Crippen molar-refractivity contribution in [2.45, 2.75) is 24.7 Å². The smallest absolute Gasteiger partial charge is 0.448 e. The van der Waals surface area contributed by atoms with E-state index in [1.165, 1.54) is 24.3 Å². The molecule has 11 heteroatoms. The molecule has 0 spiro atoms. The number of pyridine rings is 1. The summed E-state index contributed by atoms with van der Waals surface area (Å²) in [5.41, 5.74) is 3.58. The Kier molecular flexibility index (Phi) is 9.69. The molecule has 0 bridgehead atoms. The van der Waals surface area contributed by atoms with Crippen molar-refractivity contribution in [3.8, 4) is 17.1 Å². The van der Waals surface area contributed by atoms with Gasteiger partial charge in [0.25, 0.3) is 0 Å². The molecule has 0 atom stereocenters. The zero-order valence-corrected chi connectivity index (χ0v) is 23.5. The fourth-order valence-corrected chi connectivity index (χ4v) is 4.46. The third kappa shape index (κ3) is 6.96. The normalized spacial score (nSPS) is 10.9. The number of urea groups is 1. The van der Waals surface area contributed by atoms with Crippen LogP contribution >= 0.6 is 11.6 Å². The van der Waals surface area contributed by atoms with Crippen LogP contribution in [0, 0.1) is 0 Å². The fourth-order valence-electron chi connectivity index (χ4n) is 3.47. The number of halogens is 1. The van der Waals surface area contributed by atoms with Gasteiger partial charge in [0.05, 0.1) is 10.6 Å². The first-order valence-corrected chi connectivity index (χ1v) is 12.8. The number of imidazole rings is 1. The molecule has 0 unspecified atom stereocenters. The van der Waals surface area contributed by atoms with Crippen molar-refractivity contribution in [3.63, 3.8) is 0 Å². The van der Waals surface area contributed by atoms with Gasteiger partial charge in [-0.1, -0.05) is 36.7 Å². The van der Waals surface area contributed by atoms with Crippen LogP contribution in [0.4, 0.5) is 4.79 Å². The summed E-state index contributed by atoms with van der Waals surface area (Å²) in [4.78, 5) is 21.0. The maximum absolute atomic E-state index is 12.2. The van der Waals surface area contributed by atoms with Crippen LogP contribution < -0.4 is 34.9 Å². The van der Waals surface area contributed by atoms with Gasteiger partial charge in [-0.2, -0.15) is 0 Å². The van der Waals surface area contributed by atoms with Gasteiger partial charge in [-0.25, -0.2) is 13.4 Å². The van der Waals surface area contributed by atoms with E-state index in [1.54, 1.807) is 6.20 Å². The maximum atomic E-state index is 12.2. The summed E-state index contributed by atoms with van der Waals surface area (Å²) in [7, 11) is -4.09. The molecule has 4 aromatic rings. The number of aryl methyl sites for hydroxylation is 1. The molecule has 0 aliphatic heterocycles. The van der Waals surface area contributed by atoms with Crippen LogP contribution in [0.5, 0.6) is 0 Å². The van der Waals surface area contributed by atoms with Gasteiger partial charge in [-0.3, -0.25) is 9.78 Å². The molecule has 0 aliphatic rings. The Morgan fingerprint density at radius 1 is 1.03 bits per heavy atom. The molecule has 2 aromatic heterocycles. The zero-order valence-electron chi connectivity index (χ0n) is 19.9. The number of hydrogen-bond acceptors (Lipinski definition) is 5. The first kappa shape index (κ1) is 27.9. The van der Waals surface area contributed by atoms with Crippen molar-refractivity contribution in [2.24, 2.45) is 0 Å². The van der Waals surface area contributed by atoms with E-state index >= 15 is 0 Å². The van der Waals surface area contributed by atoms with Crippen molar-refractivity contribution < 1.29 is 42.8 Å². The number of carbonyl (C=O) groups excluding carboxylic acids is 1. The average molecular weight is 532 g/mol. The minimum Gasteiger partial charge on any atom is -0.448 e. The molecule has 0 radical (unpaired) electrons. The Bertz CT molecular complexity index is 1410. The first-order valence-electron chi connectivity index (χ1n) is 11.0.